The highest BCUT2D eigenvalue weighted by molar-refractivity contribution is 7.16. The zero-order valence-corrected chi connectivity index (χ0v) is 13.2. The first-order valence-corrected chi connectivity index (χ1v) is 8.33. The molecule has 2 aromatic rings. The molecule has 5 nitrogen and oxygen atoms in total. The largest absolute Gasteiger partial charge is 0.486 e. The van der Waals surface area contributed by atoms with E-state index < -0.39 is 0 Å². The van der Waals surface area contributed by atoms with Gasteiger partial charge in [0.25, 0.3) is 5.91 Å². The summed E-state index contributed by atoms with van der Waals surface area (Å²) in [5, 5.41) is 12.9. The van der Waals surface area contributed by atoms with E-state index in [1.54, 1.807) is 18.2 Å². The fourth-order valence-electron chi connectivity index (χ4n) is 2.97. The van der Waals surface area contributed by atoms with Crippen LogP contribution in [0.3, 0.4) is 0 Å². The number of nitrogens with one attached hydrogen (secondary N) is 1. The van der Waals surface area contributed by atoms with E-state index in [-0.39, 0.29) is 5.91 Å². The monoisotopic (exact) mass is 326 g/mol. The van der Waals surface area contributed by atoms with Gasteiger partial charge in [0, 0.05) is 10.4 Å². The molecular formula is C17H14N2O3S. The zero-order chi connectivity index (χ0) is 15.8. The molecule has 1 aliphatic heterocycles. The van der Waals surface area contributed by atoms with Crippen molar-refractivity contribution in [1.82, 2.24) is 0 Å². The van der Waals surface area contributed by atoms with Crippen LogP contribution in [0.5, 0.6) is 11.5 Å². The number of aryl methyl sites for hydroxylation is 1. The van der Waals surface area contributed by atoms with Crippen molar-refractivity contribution in [2.75, 3.05) is 18.5 Å². The number of benzene rings is 1. The highest BCUT2D eigenvalue weighted by Crippen LogP contribution is 2.39. The third kappa shape index (κ3) is 2.43. The van der Waals surface area contributed by atoms with Crippen LogP contribution in [0, 0.1) is 11.3 Å². The number of carbonyl (C=O) groups is 1. The Morgan fingerprint density at radius 2 is 2.04 bits per heavy atom. The van der Waals surface area contributed by atoms with Gasteiger partial charge >= 0.3 is 0 Å². The van der Waals surface area contributed by atoms with E-state index in [1.807, 2.05) is 0 Å². The third-order valence-electron chi connectivity index (χ3n) is 4.06. The summed E-state index contributed by atoms with van der Waals surface area (Å²) in [6, 6.07) is 7.36. The van der Waals surface area contributed by atoms with Crippen molar-refractivity contribution >= 4 is 22.2 Å². The molecule has 116 valence electrons. The van der Waals surface area contributed by atoms with Crippen molar-refractivity contribution in [3.8, 4) is 17.6 Å². The quantitative estimate of drug-likeness (QED) is 0.920. The van der Waals surface area contributed by atoms with Gasteiger partial charge in [-0.3, -0.25) is 4.79 Å². The number of ether oxygens (including phenoxy) is 2. The fraction of sp³-hybridized carbons (Fsp3) is 0.294. The molecule has 1 aliphatic carbocycles. The Kier molecular flexibility index (Phi) is 3.43. The third-order valence-corrected chi connectivity index (χ3v) is 5.27. The van der Waals surface area contributed by atoms with Crippen molar-refractivity contribution in [2.45, 2.75) is 19.3 Å². The van der Waals surface area contributed by atoms with Crippen LogP contribution in [-0.2, 0) is 12.8 Å². The number of rotatable bonds is 2. The molecule has 0 fully saturated rings. The Labute approximate surface area is 137 Å². The normalized spacial score (nSPS) is 14.9. The maximum Gasteiger partial charge on any atom is 0.256 e. The molecule has 2 heterocycles. The molecule has 0 spiro atoms. The smallest absolute Gasteiger partial charge is 0.256 e. The van der Waals surface area contributed by atoms with Gasteiger partial charge in [0.1, 0.15) is 24.3 Å². The molecule has 1 amide bonds. The van der Waals surface area contributed by atoms with E-state index in [0.717, 1.165) is 24.8 Å². The molecular weight excluding hydrogens is 312 g/mol. The van der Waals surface area contributed by atoms with Gasteiger partial charge in [-0.1, -0.05) is 0 Å². The van der Waals surface area contributed by atoms with Crippen LogP contribution in [0.2, 0.25) is 0 Å². The Hall–Kier alpha value is -2.52. The van der Waals surface area contributed by atoms with E-state index in [2.05, 4.69) is 11.4 Å². The van der Waals surface area contributed by atoms with Crippen molar-refractivity contribution in [3.05, 3.63) is 39.8 Å². The topological polar surface area (TPSA) is 71.4 Å². The summed E-state index contributed by atoms with van der Waals surface area (Å²) in [4.78, 5) is 13.7. The van der Waals surface area contributed by atoms with Crippen molar-refractivity contribution < 1.29 is 14.3 Å². The first kappa shape index (κ1) is 14.1. The molecule has 2 aliphatic rings. The molecule has 0 unspecified atom stereocenters. The lowest BCUT2D eigenvalue weighted by molar-refractivity contribution is 0.102. The SMILES string of the molecule is N#Cc1c(NC(=O)c2ccc3c(c2)OCCO3)sc2c1CCC2. The van der Waals surface area contributed by atoms with Crippen molar-refractivity contribution in [1.29, 1.82) is 5.26 Å². The van der Waals surface area contributed by atoms with Gasteiger partial charge in [0.2, 0.25) is 0 Å². The van der Waals surface area contributed by atoms with Gasteiger partial charge in [-0.15, -0.1) is 11.3 Å². The second-order valence-electron chi connectivity index (χ2n) is 5.49. The molecule has 1 aromatic heterocycles. The second-order valence-corrected chi connectivity index (χ2v) is 6.59. The summed E-state index contributed by atoms with van der Waals surface area (Å²) >= 11 is 1.51. The number of nitrogens with zero attached hydrogens (tertiary/aromatic N) is 1. The van der Waals surface area contributed by atoms with Crippen LogP contribution in [-0.4, -0.2) is 19.1 Å². The summed E-state index contributed by atoms with van der Waals surface area (Å²) in [7, 11) is 0. The summed E-state index contributed by atoms with van der Waals surface area (Å²) in [6.07, 6.45) is 3.01. The van der Waals surface area contributed by atoms with Gasteiger partial charge in [-0.2, -0.15) is 5.26 Å². The number of anilines is 1. The molecule has 4 rings (SSSR count). The number of nitriles is 1. The lowest BCUT2D eigenvalue weighted by atomic mass is 10.1. The standard InChI is InChI=1S/C17H14N2O3S/c18-9-12-11-2-1-3-15(11)23-17(12)19-16(20)10-4-5-13-14(8-10)22-7-6-21-13/h4-5,8H,1-3,6-7H2,(H,19,20). The number of amides is 1. The highest BCUT2D eigenvalue weighted by atomic mass is 32.1. The van der Waals surface area contributed by atoms with E-state index >= 15 is 0 Å². The molecule has 0 bridgehead atoms. The van der Waals surface area contributed by atoms with E-state index in [0.29, 0.717) is 40.8 Å². The Morgan fingerprint density at radius 3 is 2.87 bits per heavy atom. The van der Waals surface area contributed by atoms with Gasteiger partial charge < -0.3 is 14.8 Å². The number of fused-ring (bicyclic) bond motifs is 2. The average Bonchev–Trinajstić information content (AvgIpc) is 3.14. The summed E-state index contributed by atoms with van der Waals surface area (Å²) in [6.45, 7) is 0.999. The van der Waals surface area contributed by atoms with Crippen LogP contribution in [0.25, 0.3) is 0 Å². The second kappa shape index (κ2) is 5.60. The van der Waals surface area contributed by atoms with Gasteiger partial charge in [0.15, 0.2) is 11.5 Å². The Bertz CT molecular complexity index is 835. The lowest BCUT2D eigenvalue weighted by Gasteiger charge is -2.18. The maximum absolute atomic E-state index is 12.5. The molecule has 0 saturated heterocycles. The van der Waals surface area contributed by atoms with Crippen LogP contribution in [0.1, 0.15) is 32.8 Å². The van der Waals surface area contributed by atoms with Crippen LogP contribution >= 0.6 is 11.3 Å². The number of thiophene rings is 1. The first-order valence-electron chi connectivity index (χ1n) is 7.52. The van der Waals surface area contributed by atoms with Crippen molar-refractivity contribution in [3.63, 3.8) is 0 Å². The fourth-order valence-corrected chi connectivity index (χ4v) is 4.21. The van der Waals surface area contributed by atoms with Crippen LogP contribution in [0.4, 0.5) is 5.00 Å². The van der Waals surface area contributed by atoms with Crippen molar-refractivity contribution in [2.24, 2.45) is 0 Å². The van der Waals surface area contributed by atoms with E-state index in [4.69, 9.17) is 9.47 Å². The maximum atomic E-state index is 12.5. The Morgan fingerprint density at radius 1 is 1.22 bits per heavy atom. The number of hydrogen-bond donors (Lipinski definition) is 1. The van der Waals surface area contributed by atoms with Crippen LogP contribution in [0.15, 0.2) is 18.2 Å². The van der Waals surface area contributed by atoms with Crippen LogP contribution < -0.4 is 14.8 Å². The van der Waals surface area contributed by atoms with E-state index in [1.165, 1.54) is 16.2 Å². The molecule has 6 heteroatoms. The number of hydrogen-bond acceptors (Lipinski definition) is 5. The highest BCUT2D eigenvalue weighted by Gasteiger charge is 2.23. The summed E-state index contributed by atoms with van der Waals surface area (Å²) < 4.78 is 11.0. The minimum atomic E-state index is -0.238. The molecule has 0 atom stereocenters. The van der Waals surface area contributed by atoms with E-state index in [9.17, 15) is 10.1 Å². The summed E-state index contributed by atoms with van der Waals surface area (Å²) in [5.74, 6) is 0.997. The van der Waals surface area contributed by atoms with Gasteiger partial charge in [-0.05, 0) is 43.0 Å². The lowest BCUT2D eigenvalue weighted by Crippen LogP contribution is -2.17. The number of carbonyl (C=O) groups excluding carboxylic acids is 1. The molecule has 1 aromatic carbocycles. The molecule has 0 saturated carbocycles. The summed E-state index contributed by atoms with van der Waals surface area (Å²) in [5.41, 5.74) is 2.22. The average molecular weight is 326 g/mol. The molecule has 0 radical (unpaired) electrons. The van der Waals surface area contributed by atoms with Gasteiger partial charge in [-0.25, -0.2) is 0 Å². The zero-order valence-electron chi connectivity index (χ0n) is 12.3. The Balaban J connectivity index is 1.60. The molecule has 23 heavy (non-hydrogen) atoms. The predicted molar refractivity (Wildman–Crippen MR) is 86.4 cm³/mol. The van der Waals surface area contributed by atoms with Gasteiger partial charge in [0.05, 0.1) is 5.56 Å². The predicted octanol–water partition coefficient (Wildman–Crippen LogP) is 3.13. The minimum Gasteiger partial charge on any atom is -0.486 e. The molecule has 1 N–H and O–H groups in total. The first-order chi connectivity index (χ1) is 11.3. The minimum absolute atomic E-state index is 0.238.